The maximum Gasteiger partial charge on any atom is 0.347 e. The van der Waals surface area contributed by atoms with Crippen LogP contribution in [0.4, 0.5) is 0 Å². The smallest absolute Gasteiger partial charge is 0.347 e. The Kier molecular flexibility index (Phi) is 5.19. The Morgan fingerprint density at radius 2 is 2.07 bits per heavy atom. The van der Waals surface area contributed by atoms with E-state index in [4.69, 9.17) is 9.47 Å². The number of aromatic amines is 1. The molecule has 0 aliphatic carbocycles. The number of esters is 2. The number of H-pyrrole nitrogens is 1. The number of hydrogen-bond donors (Lipinski definition) is 1. The van der Waals surface area contributed by atoms with E-state index in [0.29, 0.717) is 6.42 Å². The highest BCUT2D eigenvalue weighted by molar-refractivity contribution is 6.06. The van der Waals surface area contributed by atoms with E-state index in [1.165, 1.54) is 36.4 Å². The Balaban J connectivity index is 1.82. The minimum atomic E-state index is -0.889. The lowest BCUT2D eigenvalue weighted by molar-refractivity contribution is -0.538. The number of carbonyl (C=O) groups excluding carboxylic acids is 2. The van der Waals surface area contributed by atoms with Crippen molar-refractivity contribution in [1.29, 1.82) is 0 Å². The van der Waals surface area contributed by atoms with Gasteiger partial charge in [0.2, 0.25) is 5.71 Å². The number of ether oxygens (including phenoxy) is 2. The molecule has 154 valence electrons. The van der Waals surface area contributed by atoms with Crippen LogP contribution in [-0.4, -0.2) is 53.5 Å². The van der Waals surface area contributed by atoms with Gasteiger partial charge in [0, 0.05) is 37.1 Å². The molecular formula is C23H29N2O4+. The van der Waals surface area contributed by atoms with E-state index in [1.807, 2.05) is 0 Å². The molecule has 1 aromatic heterocycles. The molecule has 2 aromatic rings. The number of carbonyl (C=O) groups is 2. The molecule has 2 aliphatic rings. The van der Waals surface area contributed by atoms with E-state index in [1.54, 1.807) is 0 Å². The summed E-state index contributed by atoms with van der Waals surface area (Å²) in [5.74, 6) is -0.947. The molecule has 0 radical (unpaired) electrons. The largest absolute Gasteiger partial charge is 0.466 e. The first-order valence-corrected chi connectivity index (χ1v) is 10.5. The van der Waals surface area contributed by atoms with Crippen LogP contribution in [0, 0.1) is 5.41 Å². The fourth-order valence-electron chi connectivity index (χ4n) is 5.28. The number of nitrogens with zero attached hydrogens (tertiary/aromatic N) is 1. The molecule has 6 heteroatoms. The number of methoxy groups -OCH3 is 1. The summed E-state index contributed by atoms with van der Waals surface area (Å²) >= 11 is 0. The fraction of sp³-hybridized carbons (Fsp3) is 0.522. The third kappa shape index (κ3) is 3.34. The van der Waals surface area contributed by atoms with Crippen LogP contribution in [0.25, 0.3) is 10.9 Å². The number of nitrogens with one attached hydrogen (secondary N) is 1. The van der Waals surface area contributed by atoms with Gasteiger partial charge in [-0.1, -0.05) is 25.1 Å². The highest BCUT2D eigenvalue weighted by atomic mass is 16.6. The minimum absolute atomic E-state index is 0.247. The molecule has 6 nitrogen and oxygen atoms in total. The molecule has 0 bridgehead atoms. The van der Waals surface area contributed by atoms with Gasteiger partial charge < -0.3 is 14.5 Å². The van der Waals surface area contributed by atoms with E-state index in [0.717, 1.165) is 44.3 Å². The first-order chi connectivity index (χ1) is 14.0. The van der Waals surface area contributed by atoms with Crippen molar-refractivity contribution in [3.8, 4) is 0 Å². The molecule has 2 atom stereocenters. The second-order valence-electron chi connectivity index (χ2n) is 8.17. The van der Waals surface area contributed by atoms with Gasteiger partial charge in [-0.2, -0.15) is 0 Å². The summed E-state index contributed by atoms with van der Waals surface area (Å²) in [5, 5.41) is 1.27. The van der Waals surface area contributed by atoms with Crippen LogP contribution < -0.4 is 0 Å². The number of rotatable bonds is 5. The third-order valence-electron chi connectivity index (χ3n) is 6.61. The SMILES string of the molecule is CCC1(CC(OC(C)=O)C(=O)OC)CCC[N+]2=C1c1[nH]c3ccccc3c1CC2. The van der Waals surface area contributed by atoms with Crippen molar-refractivity contribution in [2.45, 2.75) is 52.1 Å². The standard InChI is InChI=1S/C23H28N2O4/c1-4-23(14-19(22(27)28-3)29-15(2)26)11-7-12-25-13-10-17-16-8-5-6-9-18(16)24-20(17)21(23)25/h5-6,8-9,19H,4,7,10-14H2,1-3H3/p+1. The number of hydrogen-bond acceptors (Lipinski definition) is 4. The molecule has 1 aromatic carbocycles. The van der Waals surface area contributed by atoms with Crippen molar-refractivity contribution >= 4 is 28.6 Å². The topological polar surface area (TPSA) is 71.4 Å². The van der Waals surface area contributed by atoms with Crippen molar-refractivity contribution in [1.82, 2.24) is 4.98 Å². The fourth-order valence-corrected chi connectivity index (χ4v) is 5.28. The van der Waals surface area contributed by atoms with Crippen molar-refractivity contribution in [2.75, 3.05) is 20.2 Å². The van der Waals surface area contributed by atoms with Crippen LogP contribution in [0.15, 0.2) is 24.3 Å². The van der Waals surface area contributed by atoms with E-state index in [9.17, 15) is 9.59 Å². The highest BCUT2D eigenvalue weighted by Gasteiger charge is 2.50. The van der Waals surface area contributed by atoms with Gasteiger partial charge in [-0.05, 0) is 24.5 Å². The number of para-hydroxylation sites is 1. The summed E-state index contributed by atoms with van der Waals surface area (Å²) in [6, 6.07) is 8.42. The van der Waals surface area contributed by atoms with Gasteiger partial charge >= 0.3 is 11.9 Å². The Labute approximate surface area is 170 Å². The monoisotopic (exact) mass is 397 g/mol. The van der Waals surface area contributed by atoms with Crippen LogP contribution >= 0.6 is 0 Å². The van der Waals surface area contributed by atoms with Gasteiger partial charge in [0.25, 0.3) is 0 Å². The lowest BCUT2D eigenvalue weighted by Gasteiger charge is -2.38. The molecular weight excluding hydrogens is 368 g/mol. The molecule has 0 saturated carbocycles. The molecule has 1 N–H and O–H groups in total. The maximum absolute atomic E-state index is 12.4. The molecule has 4 rings (SSSR count). The van der Waals surface area contributed by atoms with E-state index >= 15 is 0 Å². The molecule has 0 fully saturated rings. The minimum Gasteiger partial charge on any atom is -0.466 e. The Morgan fingerprint density at radius 3 is 2.79 bits per heavy atom. The Morgan fingerprint density at radius 1 is 1.28 bits per heavy atom. The van der Waals surface area contributed by atoms with Gasteiger partial charge in [-0.15, -0.1) is 0 Å². The number of aromatic nitrogens is 1. The maximum atomic E-state index is 12.4. The molecule has 29 heavy (non-hydrogen) atoms. The number of fused-ring (bicyclic) bond motifs is 4. The lowest BCUT2D eigenvalue weighted by Crippen LogP contribution is -2.49. The predicted molar refractivity (Wildman–Crippen MR) is 110 cm³/mol. The van der Waals surface area contributed by atoms with Crippen molar-refractivity contribution in [3.05, 3.63) is 35.5 Å². The summed E-state index contributed by atoms with van der Waals surface area (Å²) < 4.78 is 12.8. The molecule has 0 spiro atoms. The summed E-state index contributed by atoms with van der Waals surface area (Å²) in [4.78, 5) is 27.7. The molecule has 0 saturated heterocycles. The van der Waals surface area contributed by atoms with Gasteiger partial charge in [-0.25, -0.2) is 9.37 Å². The molecule has 0 amide bonds. The molecule has 2 unspecified atom stereocenters. The zero-order valence-corrected chi connectivity index (χ0v) is 17.4. The van der Waals surface area contributed by atoms with E-state index < -0.39 is 18.0 Å². The zero-order valence-electron chi connectivity index (χ0n) is 17.4. The van der Waals surface area contributed by atoms with Crippen molar-refractivity contribution in [3.63, 3.8) is 0 Å². The zero-order chi connectivity index (χ0) is 20.6. The number of benzene rings is 1. The Hall–Kier alpha value is -2.63. The highest BCUT2D eigenvalue weighted by Crippen LogP contribution is 2.43. The second-order valence-corrected chi connectivity index (χ2v) is 8.17. The third-order valence-corrected chi connectivity index (χ3v) is 6.61. The quantitative estimate of drug-likeness (QED) is 0.621. The van der Waals surface area contributed by atoms with Gasteiger partial charge in [0.05, 0.1) is 12.5 Å². The van der Waals surface area contributed by atoms with Gasteiger partial charge in [0.15, 0.2) is 6.10 Å². The van der Waals surface area contributed by atoms with Crippen LogP contribution in [0.1, 0.15) is 50.8 Å². The van der Waals surface area contributed by atoms with E-state index in [2.05, 4.69) is 40.7 Å². The average Bonchev–Trinajstić information content (AvgIpc) is 3.11. The van der Waals surface area contributed by atoms with Gasteiger partial charge in [-0.3, -0.25) is 4.79 Å². The summed E-state index contributed by atoms with van der Waals surface area (Å²) in [5.41, 5.74) is 4.71. The molecule has 3 heterocycles. The first kappa shape index (κ1) is 19.7. The van der Waals surface area contributed by atoms with Crippen LogP contribution in [-0.2, 0) is 25.5 Å². The van der Waals surface area contributed by atoms with Crippen LogP contribution in [0.5, 0.6) is 0 Å². The predicted octanol–water partition coefficient (Wildman–Crippen LogP) is 3.21. The van der Waals surface area contributed by atoms with Gasteiger partial charge in [0.1, 0.15) is 18.8 Å². The van der Waals surface area contributed by atoms with E-state index in [-0.39, 0.29) is 5.41 Å². The summed E-state index contributed by atoms with van der Waals surface area (Å²) in [6.07, 6.45) is 3.44. The summed E-state index contributed by atoms with van der Waals surface area (Å²) in [7, 11) is 1.34. The van der Waals surface area contributed by atoms with Crippen molar-refractivity contribution in [2.24, 2.45) is 5.41 Å². The molecule has 2 aliphatic heterocycles. The Bertz CT molecular complexity index is 990. The normalized spacial score (nSPS) is 22.0. The van der Waals surface area contributed by atoms with Crippen LogP contribution in [0.2, 0.25) is 0 Å². The average molecular weight is 397 g/mol. The first-order valence-electron chi connectivity index (χ1n) is 10.5. The lowest BCUT2D eigenvalue weighted by atomic mass is 9.68. The second kappa shape index (κ2) is 7.65. The summed E-state index contributed by atoms with van der Waals surface area (Å²) in [6.45, 7) is 5.49. The van der Waals surface area contributed by atoms with Crippen LogP contribution in [0.3, 0.4) is 0 Å². The van der Waals surface area contributed by atoms with Crippen molar-refractivity contribution < 1.29 is 23.6 Å².